The van der Waals surface area contributed by atoms with Gasteiger partial charge in [0.05, 0.1) is 12.9 Å². The van der Waals surface area contributed by atoms with E-state index < -0.39 is 42.7 Å². The van der Waals surface area contributed by atoms with E-state index in [-0.39, 0.29) is 23.5 Å². The Labute approximate surface area is 229 Å². The summed E-state index contributed by atoms with van der Waals surface area (Å²) in [6, 6.07) is 0. The number of hydrogen-bond acceptors (Lipinski definition) is 9. The lowest BCUT2D eigenvalue weighted by Crippen LogP contribution is -2.37. The van der Waals surface area contributed by atoms with Crippen LogP contribution in [0.4, 0.5) is 5.95 Å². The van der Waals surface area contributed by atoms with Crippen LogP contribution < -0.4 is 11.3 Å². The number of nitrogens with two attached hydrogens (primary N) is 1. The SMILES string of the molecule is CCCCCCCC/C=C\CCCCCCCC(=O)O[C@H]1[C@@H](O)[C@H](n2cnc3c(=O)[nH]c(N)nc32)O[C@@H]1CO. The molecule has 0 aromatic carbocycles. The van der Waals surface area contributed by atoms with Crippen molar-refractivity contribution in [3.8, 4) is 0 Å². The van der Waals surface area contributed by atoms with Crippen molar-refractivity contribution in [3.63, 3.8) is 0 Å². The fraction of sp³-hybridized carbons (Fsp3) is 0.714. The molecule has 11 nitrogen and oxygen atoms in total. The number of nitrogens with one attached hydrogen (secondary N) is 1. The monoisotopic (exact) mass is 547 g/mol. The van der Waals surface area contributed by atoms with E-state index in [1.807, 2.05) is 0 Å². The van der Waals surface area contributed by atoms with E-state index in [1.54, 1.807) is 0 Å². The Kier molecular flexibility index (Phi) is 12.9. The molecule has 1 aliphatic rings. The molecule has 3 heterocycles. The Morgan fingerprint density at radius 1 is 1.10 bits per heavy atom. The number of aromatic amines is 1. The van der Waals surface area contributed by atoms with Gasteiger partial charge in [-0.05, 0) is 32.1 Å². The predicted octanol–water partition coefficient (Wildman–Crippen LogP) is 3.90. The van der Waals surface area contributed by atoms with Gasteiger partial charge in [0.25, 0.3) is 5.56 Å². The molecule has 218 valence electrons. The van der Waals surface area contributed by atoms with E-state index in [9.17, 15) is 19.8 Å². The second-order valence-electron chi connectivity index (χ2n) is 10.3. The number of hydrogen-bond donors (Lipinski definition) is 4. The van der Waals surface area contributed by atoms with E-state index in [1.165, 1.54) is 55.8 Å². The zero-order valence-corrected chi connectivity index (χ0v) is 23.1. The second kappa shape index (κ2) is 16.4. The molecule has 0 spiro atoms. The minimum atomic E-state index is -1.29. The number of unbranched alkanes of at least 4 members (excludes halogenated alkanes) is 11. The number of nitrogens with zero attached hydrogens (tertiary/aromatic N) is 3. The first-order valence-corrected chi connectivity index (χ1v) is 14.5. The predicted molar refractivity (Wildman–Crippen MR) is 149 cm³/mol. The Morgan fingerprint density at radius 2 is 1.74 bits per heavy atom. The zero-order valence-electron chi connectivity index (χ0n) is 23.1. The summed E-state index contributed by atoms with van der Waals surface area (Å²) in [5.41, 5.74) is 5.27. The third-order valence-electron chi connectivity index (χ3n) is 7.12. The van der Waals surface area contributed by atoms with Crippen molar-refractivity contribution in [1.29, 1.82) is 0 Å². The number of imidazole rings is 1. The van der Waals surface area contributed by atoms with Gasteiger partial charge in [-0.25, -0.2) is 4.98 Å². The maximum Gasteiger partial charge on any atom is 0.306 e. The third-order valence-corrected chi connectivity index (χ3v) is 7.12. The number of anilines is 1. The number of carbonyl (C=O) groups excluding carboxylic acids is 1. The van der Waals surface area contributed by atoms with Crippen LogP contribution in [0, 0.1) is 0 Å². The van der Waals surface area contributed by atoms with Crippen LogP contribution in [0.1, 0.15) is 103 Å². The maximum absolute atomic E-state index is 12.5. The molecule has 39 heavy (non-hydrogen) atoms. The molecular weight excluding hydrogens is 502 g/mol. The van der Waals surface area contributed by atoms with Crippen LogP contribution in [0.15, 0.2) is 23.3 Å². The van der Waals surface area contributed by atoms with Crippen LogP contribution in [-0.2, 0) is 14.3 Å². The maximum atomic E-state index is 12.5. The molecule has 1 aliphatic heterocycles. The Hall–Kier alpha value is -2.76. The largest absolute Gasteiger partial charge is 0.457 e. The van der Waals surface area contributed by atoms with E-state index in [4.69, 9.17) is 15.2 Å². The smallest absolute Gasteiger partial charge is 0.306 e. The first kappa shape index (κ1) is 30.8. The van der Waals surface area contributed by atoms with Gasteiger partial charge in [-0.2, -0.15) is 4.98 Å². The van der Waals surface area contributed by atoms with Gasteiger partial charge in [-0.1, -0.05) is 70.4 Å². The van der Waals surface area contributed by atoms with Crippen LogP contribution >= 0.6 is 0 Å². The molecule has 0 bridgehead atoms. The van der Waals surface area contributed by atoms with Crippen molar-refractivity contribution < 1.29 is 24.5 Å². The van der Waals surface area contributed by atoms with Gasteiger partial charge in [0.2, 0.25) is 5.95 Å². The minimum absolute atomic E-state index is 0.0326. The molecule has 0 amide bonds. The van der Waals surface area contributed by atoms with Crippen molar-refractivity contribution in [2.45, 2.75) is 121 Å². The van der Waals surface area contributed by atoms with Crippen LogP contribution in [-0.4, -0.2) is 60.6 Å². The number of esters is 1. The van der Waals surface area contributed by atoms with E-state index in [0.717, 1.165) is 32.1 Å². The van der Waals surface area contributed by atoms with Crippen LogP contribution in [0.25, 0.3) is 11.2 Å². The first-order chi connectivity index (χ1) is 19.0. The van der Waals surface area contributed by atoms with Gasteiger partial charge in [0.1, 0.15) is 12.2 Å². The molecule has 1 saturated heterocycles. The molecule has 0 aliphatic carbocycles. The van der Waals surface area contributed by atoms with E-state index >= 15 is 0 Å². The number of aromatic nitrogens is 4. The Bertz CT molecular complexity index is 1100. The lowest BCUT2D eigenvalue weighted by atomic mass is 10.1. The average Bonchev–Trinajstić information content (AvgIpc) is 3.47. The highest BCUT2D eigenvalue weighted by molar-refractivity contribution is 5.71. The molecule has 11 heteroatoms. The lowest BCUT2D eigenvalue weighted by molar-refractivity contribution is -0.156. The standard InChI is InChI=1S/C28H45N5O6/c1-2-3-4-5-6-7-8-9-10-11-12-13-14-15-16-17-21(35)39-24-20(18-34)38-27(23(24)36)33-19-30-22-25(33)31-28(29)32-26(22)37/h9-10,19-20,23-24,27,34,36H,2-8,11-18H2,1H3,(H3,29,31,32,37)/b10-9-/t20-,23-,24-,27-/m1/s1. The summed E-state index contributed by atoms with van der Waals surface area (Å²) in [7, 11) is 0. The van der Waals surface area contributed by atoms with Gasteiger partial charge in [-0.3, -0.25) is 19.1 Å². The molecule has 0 saturated carbocycles. The number of ether oxygens (including phenoxy) is 2. The van der Waals surface area contributed by atoms with E-state index in [0.29, 0.717) is 6.42 Å². The summed E-state index contributed by atoms with van der Waals surface area (Å²) < 4.78 is 12.6. The number of aliphatic hydroxyl groups is 2. The molecule has 5 N–H and O–H groups in total. The fourth-order valence-corrected chi connectivity index (χ4v) is 4.92. The third kappa shape index (κ3) is 9.15. The number of aliphatic hydroxyl groups excluding tert-OH is 2. The van der Waals surface area contributed by atoms with Crippen molar-refractivity contribution in [1.82, 2.24) is 19.5 Å². The highest BCUT2D eigenvalue weighted by Gasteiger charge is 2.47. The number of nitrogen functional groups attached to an aromatic ring is 1. The lowest BCUT2D eigenvalue weighted by Gasteiger charge is -2.20. The van der Waals surface area contributed by atoms with Crippen LogP contribution in [0.2, 0.25) is 0 Å². The molecular formula is C28H45N5O6. The summed E-state index contributed by atoms with van der Waals surface area (Å²) in [5.74, 6) is -0.558. The number of carbonyl (C=O) groups is 1. The van der Waals surface area contributed by atoms with E-state index in [2.05, 4.69) is 34.0 Å². The highest BCUT2D eigenvalue weighted by Crippen LogP contribution is 2.33. The van der Waals surface area contributed by atoms with Gasteiger partial charge in [0, 0.05) is 6.42 Å². The molecule has 0 radical (unpaired) electrons. The molecule has 1 fully saturated rings. The summed E-state index contributed by atoms with van der Waals surface area (Å²) in [5, 5.41) is 20.6. The summed E-state index contributed by atoms with van der Waals surface area (Å²) in [4.78, 5) is 35.0. The summed E-state index contributed by atoms with van der Waals surface area (Å²) >= 11 is 0. The van der Waals surface area contributed by atoms with Crippen molar-refractivity contribution in [2.75, 3.05) is 12.3 Å². The highest BCUT2D eigenvalue weighted by atomic mass is 16.6. The van der Waals surface area contributed by atoms with Gasteiger partial charge < -0.3 is 25.4 Å². The minimum Gasteiger partial charge on any atom is -0.457 e. The normalized spacial score (nSPS) is 21.3. The molecule has 0 unspecified atom stereocenters. The Balaban J connectivity index is 1.32. The van der Waals surface area contributed by atoms with Gasteiger partial charge in [-0.15, -0.1) is 0 Å². The van der Waals surface area contributed by atoms with Gasteiger partial charge in [0.15, 0.2) is 23.5 Å². The first-order valence-electron chi connectivity index (χ1n) is 14.5. The summed E-state index contributed by atoms with van der Waals surface area (Å²) in [6.45, 7) is 1.79. The molecule has 2 aromatic rings. The zero-order chi connectivity index (χ0) is 28.0. The number of allylic oxidation sites excluding steroid dienone is 2. The van der Waals surface area contributed by atoms with Crippen molar-refractivity contribution in [3.05, 3.63) is 28.8 Å². The van der Waals surface area contributed by atoms with Crippen molar-refractivity contribution >= 4 is 23.1 Å². The molecule has 3 rings (SSSR count). The quantitative estimate of drug-likeness (QED) is 0.123. The van der Waals surface area contributed by atoms with Crippen LogP contribution in [0.3, 0.4) is 0 Å². The topological polar surface area (TPSA) is 166 Å². The molecule has 4 atom stereocenters. The fourth-order valence-electron chi connectivity index (χ4n) is 4.92. The van der Waals surface area contributed by atoms with Crippen LogP contribution in [0.5, 0.6) is 0 Å². The number of H-pyrrole nitrogens is 1. The average molecular weight is 548 g/mol. The Morgan fingerprint density at radius 3 is 2.41 bits per heavy atom. The number of rotatable bonds is 18. The van der Waals surface area contributed by atoms with Gasteiger partial charge >= 0.3 is 5.97 Å². The van der Waals surface area contributed by atoms with Crippen molar-refractivity contribution in [2.24, 2.45) is 0 Å². The second-order valence-corrected chi connectivity index (χ2v) is 10.3. The number of fused-ring (bicyclic) bond motifs is 1. The molecule has 2 aromatic heterocycles. The summed E-state index contributed by atoms with van der Waals surface area (Å²) in [6.07, 6.45) is 17.0.